The van der Waals surface area contributed by atoms with E-state index in [-0.39, 0.29) is 18.9 Å². The minimum Gasteiger partial charge on any atom is -0.394 e. The van der Waals surface area contributed by atoms with E-state index in [9.17, 15) is 20.1 Å². The van der Waals surface area contributed by atoms with E-state index in [1.165, 1.54) is 167 Å². The molecule has 0 aromatic heterocycles. The van der Waals surface area contributed by atoms with Crippen LogP contribution in [0.2, 0.25) is 0 Å². The topological polar surface area (TPSA) is 89.8 Å². The highest BCUT2D eigenvalue weighted by molar-refractivity contribution is 5.76. The minimum atomic E-state index is -0.742. The first kappa shape index (κ1) is 44.4. The van der Waals surface area contributed by atoms with Gasteiger partial charge in [0, 0.05) is 0 Å². The zero-order valence-corrected chi connectivity index (χ0v) is 30.5. The summed E-state index contributed by atoms with van der Waals surface area (Å²) in [6, 6.07) is -0.650. The number of hydrogen-bond donors (Lipinski definition) is 4. The van der Waals surface area contributed by atoms with Gasteiger partial charge in [0.15, 0.2) is 0 Å². The number of amides is 1. The van der Waals surface area contributed by atoms with Gasteiger partial charge in [-0.15, -0.1) is 0 Å². The maximum Gasteiger partial charge on any atom is 0.222 e. The summed E-state index contributed by atoms with van der Waals surface area (Å²) in [6.07, 6.45) is 39.4. The van der Waals surface area contributed by atoms with Crippen molar-refractivity contribution in [1.29, 1.82) is 0 Å². The summed E-state index contributed by atoms with van der Waals surface area (Å²) in [6.45, 7) is 4.23. The first-order valence-electron chi connectivity index (χ1n) is 20.3. The molecule has 0 saturated heterocycles. The van der Waals surface area contributed by atoms with Crippen LogP contribution in [0, 0.1) is 0 Å². The van der Waals surface area contributed by atoms with Crippen LogP contribution < -0.4 is 5.32 Å². The van der Waals surface area contributed by atoms with E-state index in [1.54, 1.807) is 0 Å². The van der Waals surface area contributed by atoms with Gasteiger partial charge in [-0.1, -0.05) is 206 Å². The molecule has 0 rings (SSSR count). The molecule has 1 amide bonds. The van der Waals surface area contributed by atoms with Gasteiger partial charge in [-0.2, -0.15) is 0 Å². The third-order valence-electron chi connectivity index (χ3n) is 9.67. The van der Waals surface area contributed by atoms with Gasteiger partial charge in [0.25, 0.3) is 0 Å². The molecule has 0 aliphatic heterocycles. The largest absolute Gasteiger partial charge is 0.394 e. The second-order valence-corrected chi connectivity index (χ2v) is 14.3. The quantitative estimate of drug-likeness (QED) is 0.0509. The Bertz CT molecular complexity index is 587. The molecule has 0 spiro atoms. The van der Waals surface area contributed by atoms with Crippen molar-refractivity contribution < 1.29 is 20.1 Å². The second-order valence-electron chi connectivity index (χ2n) is 14.3. The SMILES string of the molecule is CCCCCCCCCCCCCCCCCCCCCCCCCC(O)C(CO)NC(=O)CC(O)CCCCCCCCC. The summed E-state index contributed by atoms with van der Waals surface area (Å²) in [5.74, 6) is -0.284. The Morgan fingerprint density at radius 1 is 0.467 bits per heavy atom. The smallest absolute Gasteiger partial charge is 0.222 e. The zero-order valence-electron chi connectivity index (χ0n) is 30.5. The van der Waals surface area contributed by atoms with Gasteiger partial charge in [0.2, 0.25) is 5.91 Å². The number of aliphatic hydroxyl groups is 3. The average molecular weight is 640 g/mol. The molecule has 0 aliphatic carbocycles. The predicted octanol–water partition coefficient (Wildman–Crippen LogP) is 11.1. The van der Waals surface area contributed by atoms with Gasteiger partial charge in [-0.3, -0.25) is 4.79 Å². The standard InChI is InChI=1S/C40H81NO4/c1-3-5-7-9-11-12-13-14-15-16-17-18-19-20-21-22-23-24-25-26-28-30-32-34-39(44)38(36-42)41-40(45)35-37(43)33-31-29-27-10-8-6-4-2/h37-39,42-44H,3-36H2,1-2H3,(H,41,45). The first-order valence-corrected chi connectivity index (χ1v) is 20.3. The fourth-order valence-electron chi connectivity index (χ4n) is 6.52. The summed E-state index contributed by atoms with van der Waals surface area (Å²) in [7, 11) is 0. The average Bonchev–Trinajstić information content (AvgIpc) is 3.03. The first-order chi connectivity index (χ1) is 22.0. The number of rotatable bonds is 37. The molecule has 0 aliphatic rings. The van der Waals surface area contributed by atoms with E-state index in [0.717, 1.165) is 25.7 Å². The van der Waals surface area contributed by atoms with Crippen molar-refractivity contribution in [2.24, 2.45) is 0 Å². The molecule has 0 aromatic rings. The van der Waals surface area contributed by atoms with Crippen LogP contribution in [0.1, 0.15) is 226 Å². The third-order valence-corrected chi connectivity index (χ3v) is 9.67. The fourth-order valence-corrected chi connectivity index (χ4v) is 6.52. The molecule has 5 nitrogen and oxygen atoms in total. The monoisotopic (exact) mass is 640 g/mol. The Morgan fingerprint density at radius 2 is 0.756 bits per heavy atom. The number of unbranched alkanes of at least 4 members (excludes halogenated alkanes) is 28. The molecule has 45 heavy (non-hydrogen) atoms. The molecule has 0 heterocycles. The molecule has 0 saturated carbocycles. The Hall–Kier alpha value is -0.650. The third kappa shape index (κ3) is 33.1. The van der Waals surface area contributed by atoms with Crippen LogP contribution in [-0.2, 0) is 4.79 Å². The number of nitrogens with one attached hydrogen (secondary N) is 1. The van der Waals surface area contributed by atoms with Crippen LogP contribution in [0.25, 0.3) is 0 Å². The van der Waals surface area contributed by atoms with E-state index in [4.69, 9.17) is 0 Å². The minimum absolute atomic E-state index is 0.0402. The maximum atomic E-state index is 12.3. The lowest BCUT2D eigenvalue weighted by Gasteiger charge is -2.23. The number of aliphatic hydroxyl groups excluding tert-OH is 3. The Kier molecular flexibility index (Phi) is 35.7. The summed E-state index contributed by atoms with van der Waals surface area (Å²) in [5.41, 5.74) is 0. The van der Waals surface area contributed by atoms with Gasteiger partial charge >= 0.3 is 0 Å². The van der Waals surface area contributed by atoms with Gasteiger partial charge in [-0.25, -0.2) is 0 Å². The fraction of sp³-hybridized carbons (Fsp3) is 0.975. The van der Waals surface area contributed by atoms with Crippen LogP contribution in [0.15, 0.2) is 0 Å². The van der Waals surface area contributed by atoms with E-state index in [2.05, 4.69) is 19.2 Å². The van der Waals surface area contributed by atoms with Gasteiger partial charge in [-0.05, 0) is 12.8 Å². The Labute approximate surface area is 281 Å². The molecule has 3 atom stereocenters. The molecule has 0 fully saturated rings. The Morgan fingerprint density at radius 3 is 1.07 bits per heavy atom. The molecule has 270 valence electrons. The lowest BCUT2D eigenvalue weighted by atomic mass is 10.0. The van der Waals surface area contributed by atoms with Crippen LogP contribution in [0.4, 0.5) is 0 Å². The normalized spacial score (nSPS) is 13.6. The van der Waals surface area contributed by atoms with Gasteiger partial charge in [0.1, 0.15) is 0 Å². The summed E-state index contributed by atoms with van der Waals surface area (Å²) < 4.78 is 0. The Balaban J connectivity index is 3.50. The van der Waals surface area contributed by atoms with Gasteiger partial charge in [0.05, 0.1) is 31.3 Å². The summed E-state index contributed by atoms with van der Waals surface area (Å²) in [4.78, 5) is 12.3. The van der Waals surface area contributed by atoms with Crippen molar-refractivity contribution in [3.8, 4) is 0 Å². The van der Waals surface area contributed by atoms with Crippen LogP contribution in [0.5, 0.6) is 0 Å². The van der Waals surface area contributed by atoms with Crippen molar-refractivity contribution in [2.45, 2.75) is 244 Å². The number of carbonyl (C=O) groups excluding carboxylic acids is 1. The predicted molar refractivity (Wildman–Crippen MR) is 195 cm³/mol. The summed E-state index contributed by atoms with van der Waals surface area (Å²) in [5, 5.41) is 33.1. The van der Waals surface area contributed by atoms with Crippen molar-refractivity contribution in [2.75, 3.05) is 6.61 Å². The molecule has 0 radical (unpaired) electrons. The summed E-state index contributed by atoms with van der Waals surface area (Å²) >= 11 is 0. The van der Waals surface area contributed by atoms with E-state index in [1.807, 2.05) is 0 Å². The van der Waals surface area contributed by atoms with Crippen LogP contribution >= 0.6 is 0 Å². The molecule has 3 unspecified atom stereocenters. The van der Waals surface area contributed by atoms with Gasteiger partial charge < -0.3 is 20.6 Å². The van der Waals surface area contributed by atoms with Crippen molar-refractivity contribution in [1.82, 2.24) is 5.32 Å². The van der Waals surface area contributed by atoms with Crippen molar-refractivity contribution in [3.05, 3.63) is 0 Å². The zero-order chi connectivity index (χ0) is 33.1. The molecule has 4 N–H and O–H groups in total. The maximum absolute atomic E-state index is 12.3. The second kappa shape index (κ2) is 36.2. The van der Waals surface area contributed by atoms with E-state index >= 15 is 0 Å². The highest BCUT2D eigenvalue weighted by atomic mass is 16.3. The number of carbonyl (C=O) groups is 1. The number of hydrogen-bond acceptors (Lipinski definition) is 4. The van der Waals surface area contributed by atoms with Crippen LogP contribution in [-0.4, -0.2) is 46.1 Å². The lowest BCUT2D eigenvalue weighted by molar-refractivity contribution is -0.125. The molecular weight excluding hydrogens is 558 g/mol. The highest BCUT2D eigenvalue weighted by Crippen LogP contribution is 2.17. The van der Waals surface area contributed by atoms with Crippen molar-refractivity contribution >= 4 is 5.91 Å². The molecule has 5 heteroatoms. The lowest BCUT2D eigenvalue weighted by Crippen LogP contribution is -2.46. The molecular formula is C40H81NO4. The van der Waals surface area contributed by atoms with E-state index in [0.29, 0.717) is 12.8 Å². The van der Waals surface area contributed by atoms with Crippen LogP contribution in [0.3, 0.4) is 0 Å². The van der Waals surface area contributed by atoms with Crippen molar-refractivity contribution in [3.63, 3.8) is 0 Å². The van der Waals surface area contributed by atoms with E-state index < -0.39 is 18.2 Å². The highest BCUT2D eigenvalue weighted by Gasteiger charge is 2.21. The molecule has 0 aromatic carbocycles. The molecule has 0 bridgehead atoms.